The van der Waals surface area contributed by atoms with Crippen molar-refractivity contribution in [3.05, 3.63) is 35.4 Å². The Bertz CT molecular complexity index is 529. The van der Waals surface area contributed by atoms with E-state index >= 15 is 0 Å². The molecule has 1 saturated carbocycles. The summed E-state index contributed by atoms with van der Waals surface area (Å²) < 4.78 is 4.46. The van der Waals surface area contributed by atoms with Gasteiger partial charge in [-0.2, -0.15) is 0 Å². The second-order valence-electron chi connectivity index (χ2n) is 4.95. The molecule has 0 radical (unpaired) electrons. The number of nitrogens with one attached hydrogen (secondary N) is 2. The van der Waals surface area contributed by atoms with Gasteiger partial charge in [-0.25, -0.2) is 4.79 Å². The molecular weight excluding hydrogens is 291 g/mol. The molecule has 0 saturated heterocycles. The highest BCUT2D eigenvalue weighted by Gasteiger charge is 2.25. The Labute approximate surface area is 129 Å². The summed E-state index contributed by atoms with van der Waals surface area (Å²) in [6.45, 7) is 0. The molecule has 122 valence electrons. The van der Waals surface area contributed by atoms with E-state index in [1.54, 1.807) is 24.3 Å². The molecule has 6 nitrogen and oxygen atoms in total. The molecular formula is C15H21FN2O4. The largest absolute Gasteiger partial charge is 0.453 e. The number of methoxy groups -OCH3 is 1. The zero-order chi connectivity index (χ0) is 15.2. The molecule has 1 heterocycles. The predicted octanol–water partition coefficient (Wildman–Crippen LogP) is 2.25. The van der Waals surface area contributed by atoms with Gasteiger partial charge in [-0.05, 0) is 25.0 Å². The fourth-order valence-electron chi connectivity index (χ4n) is 2.41. The number of imide groups is 1. The van der Waals surface area contributed by atoms with Crippen molar-refractivity contribution in [3.8, 4) is 0 Å². The van der Waals surface area contributed by atoms with Crippen LogP contribution in [0.4, 0.5) is 9.50 Å². The smallest absolute Gasteiger partial charge is 0.407 e. The van der Waals surface area contributed by atoms with E-state index < -0.39 is 0 Å². The first kappa shape index (κ1) is 17.6. The van der Waals surface area contributed by atoms with Crippen LogP contribution in [0.15, 0.2) is 24.3 Å². The molecule has 3 amide bonds. The van der Waals surface area contributed by atoms with Crippen LogP contribution < -0.4 is 10.6 Å². The van der Waals surface area contributed by atoms with E-state index in [9.17, 15) is 14.4 Å². The van der Waals surface area contributed by atoms with Crippen molar-refractivity contribution in [1.29, 1.82) is 0 Å². The number of alkyl carbamates (subject to hydrolysis) is 1. The zero-order valence-corrected chi connectivity index (χ0v) is 12.3. The van der Waals surface area contributed by atoms with Crippen LogP contribution >= 0.6 is 0 Å². The summed E-state index contributed by atoms with van der Waals surface area (Å²) in [4.78, 5) is 32.5. The lowest BCUT2D eigenvalue weighted by Gasteiger charge is -2.09. The summed E-state index contributed by atoms with van der Waals surface area (Å²) in [6.07, 6.45) is 4.37. The summed E-state index contributed by atoms with van der Waals surface area (Å²) in [5, 5.41) is 4.97. The van der Waals surface area contributed by atoms with E-state index in [1.165, 1.54) is 20.0 Å². The summed E-state index contributed by atoms with van der Waals surface area (Å²) in [5.74, 6) is -0.601. The van der Waals surface area contributed by atoms with Crippen molar-refractivity contribution in [1.82, 2.24) is 10.6 Å². The van der Waals surface area contributed by atoms with Crippen molar-refractivity contribution in [2.45, 2.75) is 31.7 Å². The van der Waals surface area contributed by atoms with E-state index in [-0.39, 0.29) is 24.0 Å². The first-order chi connectivity index (χ1) is 10.1. The van der Waals surface area contributed by atoms with E-state index in [4.69, 9.17) is 0 Å². The third-order valence-corrected chi connectivity index (χ3v) is 3.51. The van der Waals surface area contributed by atoms with Crippen LogP contribution in [-0.2, 0) is 4.74 Å². The highest BCUT2D eigenvalue weighted by Crippen LogP contribution is 2.17. The van der Waals surface area contributed by atoms with Gasteiger partial charge in [0, 0.05) is 7.47 Å². The van der Waals surface area contributed by atoms with Gasteiger partial charge in [0.1, 0.15) is 0 Å². The first-order valence-corrected chi connectivity index (χ1v) is 6.91. The standard InChI is InChI=1S/C8H5NO2.C7H13NO2.FH.H2/c10-7-5-3-1-2-4-6(5)8(11)9-7;1-10-7(9)8-6-4-2-3-5-6;;/h1-4H,(H,9,10,11);6H,2-5H2,1H3,(H,8,9);2*1H. The Morgan fingerprint density at radius 3 is 2.14 bits per heavy atom. The van der Waals surface area contributed by atoms with E-state index in [0.29, 0.717) is 17.2 Å². The number of halogens is 1. The van der Waals surface area contributed by atoms with Gasteiger partial charge in [0.25, 0.3) is 11.8 Å². The van der Waals surface area contributed by atoms with Gasteiger partial charge in [0.2, 0.25) is 0 Å². The maximum absolute atomic E-state index is 10.9. The normalized spacial score (nSPS) is 15.9. The number of amides is 3. The molecule has 1 aliphatic carbocycles. The molecule has 2 aliphatic rings. The van der Waals surface area contributed by atoms with Gasteiger partial charge < -0.3 is 10.1 Å². The Balaban J connectivity index is 0.000000389. The third-order valence-electron chi connectivity index (χ3n) is 3.51. The summed E-state index contributed by atoms with van der Waals surface area (Å²) in [6, 6.07) is 7.10. The van der Waals surface area contributed by atoms with Crippen molar-refractivity contribution >= 4 is 17.9 Å². The van der Waals surface area contributed by atoms with Gasteiger partial charge in [-0.3, -0.25) is 19.6 Å². The lowest BCUT2D eigenvalue weighted by Crippen LogP contribution is -2.32. The Morgan fingerprint density at radius 2 is 1.68 bits per heavy atom. The quantitative estimate of drug-likeness (QED) is 0.779. The SMILES string of the molecule is COC(=O)NC1CCCC1.F.O=C1NC(=O)c2ccccc21.[HH]. The van der Waals surface area contributed by atoms with Gasteiger partial charge in [-0.15, -0.1) is 0 Å². The number of carbonyl (C=O) groups is 3. The number of carbonyl (C=O) groups excluding carboxylic acids is 3. The highest BCUT2D eigenvalue weighted by atomic mass is 19.0. The van der Waals surface area contributed by atoms with Crippen LogP contribution in [0.1, 0.15) is 47.8 Å². The molecule has 0 aromatic heterocycles. The number of rotatable bonds is 1. The number of hydrogen-bond acceptors (Lipinski definition) is 4. The molecule has 3 rings (SSSR count). The van der Waals surface area contributed by atoms with E-state index in [0.717, 1.165) is 12.8 Å². The second kappa shape index (κ2) is 8.11. The van der Waals surface area contributed by atoms with Crippen LogP contribution in [0.25, 0.3) is 0 Å². The average molecular weight is 312 g/mol. The van der Waals surface area contributed by atoms with Gasteiger partial charge >= 0.3 is 6.09 Å². The lowest BCUT2D eigenvalue weighted by atomic mass is 10.1. The molecule has 0 atom stereocenters. The Morgan fingerprint density at radius 1 is 1.18 bits per heavy atom. The first-order valence-electron chi connectivity index (χ1n) is 6.91. The maximum Gasteiger partial charge on any atom is 0.407 e. The topological polar surface area (TPSA) is 84.5 Å². The van der Waals surface area contributed by atoms with E-state index in [1.807, 2.05) is 0 Å². The molecule has 0 spiro atoms. The number of fused-ring (bicyclic) bond motifs is 1. The highest BCUT2D eigenvalue weighted by molar-refractivity contribution is 6.21. The maximum atomic E-state index is 10.9. The minimum atomic E-state index is -0.300. The molecule has 0 unspecified atom stereocenters. The second-order valence-corrected chi connectivity index (χ2v) is 4.95. The number of benzene rings is 1. The monoisotopic (exact) mass is 312 g/mol. The van der Waals surface area contributed by atoms with Crippen LogP contribution in [0.5, 0.6) is 0 Å². The molecule has 1 aliphatic heterocycles. The van der Waals surface area contributed by atoms with Gasteiger partial charge in [0.05, 0.1) is 18.2 Å². The molecule has 1 aromatic carbocycles. The number of hydrogen-bond donors (Lipinski definition) is 2. The predicted molar refractivity (Wildman–Crippen MR) is 80.7 cm³/mol. The van der Waals surface area contributed by atoms with Crippen LogP contribution in [-0.4, -0.2) is 31.1 Å². The lowest BCUT2D eigenvalue weighted by molar-refractivity contribution is 0.0879. The van der Waals surface area contributed by atoms with Crippen LogP contribution in [0.2, 0.25) is 0 Å². The molecule has 22 heavy (non-hydrogen) atoms. The van der Waals surface area contributed by atoms with Crippen LogP contribution in [0, 0.1) is 0 Å². The van der Waals surface area contributed by atoms with E-state index in [2.05, 4.69) is 15.4 Å². The number of ether oxygens (including phenoxy) is 1. The fourth-order valence-corrected chi connectivity index (χ4v) is 2.41. The Hall–Kier alpha value is -2.44. The van der Waals surface area contributed by atoms with Crippen molar-refractivity contribution < 1.29 is 25.3 Å². The van der Waals surface area contributed by atoms with Crippen LogP contribution in [0.3, 0.4) is 0 Å². The molecule has 2 N–H and O–H groups in total. The van der Waals surface area contributed by atoms with Crippen molar-refractivity contribution in [3.63, 3.8) is 0 Å². The van der Waals surface area contributed by atoms with Crippen molar-refractivity contribution in [2.24, 2.45) is 0 Å². The third kappa shape index (κ3) is 4.28. The minimum Gasteiger partial charge on any atom is -0.453 e. The summed E-state index contributed by atoms with van der Waals surface area (Å²) >= 11 is 0. The Kier molecular flexibility index (Phi) is 6.49. The zero-order valence-electron chi connectivity index (χ0n) is 12.3. The minimum absolute atomic E-state index is 0. The summed E-state index contributed by atoms with van der Waals surface area (Å²) in [5.41, 5.74) is 0.940. The molecule has 7 heteroatoms. The summed E-state index contributed by atoms with van der Waals surface area (Å²) in [7, 11) is 1.39. The molecule has 1 fully saturated rings. The molecule has 0 bridgehead atoms. The van der Waals surface area contributed by atoms with Crippen molar-refractivity contribution in [2.75, 3.05) is 7.11 Å². The van der Waals surface area contributed by atoms with Gasteiger partial charge in [-0.1, -0.05) is 25.0 Å². The van der Waals surface area contributed by atoms with Gasteiger partial charge in [0.15, 0.2) is 0 Å². The molecule has 1 aromatic rings. The average Bonchev–Trinajstić information content (AvgIpc) is 3.09. The fraction of sp³-hybridized carbons (Fsp3) is 0.400.